The highest BCUT2D eigenvalue weighted by Gasteiger charge is 2.33. The first-order valence-corrected chi connectivity index (χ1v) is 12.7. The van der Waals surface area contributed by atoms with Gasteiger partial charge < -0.3 is 30.3 Å². The van der Waals surface area contributed by atoms with Gasteiger partial charge in [0.05, 0.1) is 24.4 Å². The van der Waals surface area contributed by atoms with Crippen molar-refractivity contribution in [2.24, 2.45) is 5.92 Å². The molecule has 0 aliphatic carbocycles. The highest BCUT2D eigenvalue weighted by Crippen LogP contribution is 2.20. The molecule has 0 spiro atoms. The minimum Gasteiger partial charge on any atom is -0.493 e. The Balaban J connectivity index is 1.86. The minimum atomic E-state index is -0.923. The summed E-state index contributed by atoms with van der Waals surface area (Å²) < 4.78 is 11.6. The van der Waals surface area contributed by atoms with Crippen molar-refractivity contribution in [2.75, 3.05) is 26.2 Å². The van der Waals surface area contributed by atoms with Crippen LogP contribution in [0.25, 0.3) is 0 Å². The standard InChI is InChI=1S/C26H38N4O6/c1-16(2)23-25(33)27-12-7-13-35-21-9-6-5-8-19(21)24(32)28-20(10-11-22(31)29-23)26(34)30-14-17(3)36-18(4)15-30/h5-6,8-9,16-18,20,23H,7,10-15H2,1-4H3,(H,27,33)(H,28,32)(H,29,31)/t17-,18+,20-,23+/m0/s1. The van der Waals surface area contributed by atoms with E-state index < -0.39 is 18.0 Å². The van der Waals surface area contributed by atoms with Crippen LogP contribution in [0.1, 0.15) is 57.3 Å². The fraction of sp³-hybridized carbons (Fsp3) is 0.615. The summed E-state index contributed by atoms with van der Waals surface area (Å²) in [5, 5.41) is 8.46. The first kappa shape index (κ1) is 27.4. The maximum absolute atomic E-state index is 13.5. The van der Waals surface area contributed by atoms with E-state index in [-0.39, 0.29) is 55.3 Å². The summed E-state index contributed by atoms with van der Waals surface area (Å²) in [5.74, 6) is -1.05. The number of fused-ring (bicyclic) bond motifs is 1. The Kier molecular flexibility index (Phi) is 9.69. The van der Waals surface area contributed by atoms with Gasteiger partial charge in [-0.15, -0.1) is 0 Å². The number of hydrogen-bond donors (Lipinski definition) is 3. The van der Waals surface area contributed by atoms with Crippen molar-refractivity contribution < 1.29 is 28.7 Å². The van der Waals surface area contributed by atoms with E-state index in [0.717, 1.165) is 0 Å². The topological polar surface area (TPSA) is 126 Å². The first-order chi connectivity index (χ1) is 17.2. The van der Waals surface area contributed by atoms with Gasteiger partial charge >= 0.3 is 0 Å². The van der Waals surface area contributed by atoms with Gasteiger partial charge in [-0.05, 0) is 44.7 Å². The van der Waals surface area contributed by atoms with Gasteiger partial charge in [0.25, 0.3) is 5.91 Å². The molecular formula is C26H38N4O6. The third kappa shape index (κ3) is 7.43. The number of nitrogens with one attached hydrogen (secondary N) is 3. The van der Waals surface area contributed by atoms with Crippen LogP contribution >= 0.6 is 0 Å². The Bertz CT molecular complexity index is 942. The fourth-order valence-electron chi connectivity index (χ4n) is 4.48. The van der Waals surface area contributed by atoms with Gasteiger partial charge in [-0.3, -0.25) is 19.2 Å². The number of rotatable bonds is 2. The Morgan fingerprint density at radius 1 is 1.06 bits per heavy atom. The van der Waals surface area contributed by atoms with Gasteiger partial charge in [-0.25, -0.2) is 0 Å². The minimum absolute atomic E-state index is 0.0270. The SMILES string of the molecule is CC(C)[C@H]1NC(=O)CC[C@@H](C(=O)N2C[C@@H](C)O[C@@H](C)C2)NC(=O)c2ccccc2OCCCNC1=O. The number of ether oxygens (including phenoxy) is 2. The van der Waals surface area contributed by atoms with E-state index in [4.69, 9.17) is 9.47 Å². The van der Waals surface area contributed by atoms with Crippen LogP contribution in [0.15, 0.2) is 24.3 Å². The molecule has 10 nitrogen and oxygen atoms in total. The molecule has 2 aliphatic heterocycles. The molecule has 2 aliphatic rings. The quantitative estimate of drug-likeness (QED) is 0.559. The second-order valence-corrected chi connectivity index (χ2v) is 9.84. The van der Waals surface area contributed by atoms with E-state index in [1.165, 1.54) is 0 Å². The van der Waals surface area contributed by atoms with E-state index in [1.807, 2.05) is 27.7 Å². The lowest BCUT2D eigenvalue weighted by Gasteiger charge is -2.37. The maximum Gasteiger partial charge on any atom is 0.255 e. The van der Waals surface area contributed by atoms with E-state index in [2.05, 4.69) is 16.0 Å². The van der Waals surface area contributed by atoms with Crippen LogP contribution < -0.4 is 20.7 Å². The summed E-state index contributed by atoms with van der Waals surface area (Å²) in [6, 6.07) is 5.20. The van der Waals surface area contributed by atoms with Gasteiger partial charge in [-0.2, -0.15) is 0 Å². The number of carbonyl (C=O) groups is 4. The van der Waals surface area contributed by atoms with Gasteiger partial charge in [0.1, 0.15) is 17.8 Å². The third-order valence-corrected chi connectivity index (χ3v) is 6.27. The second kappa shape index (κ2) is 12.7. The van der Waals surface area contributed by atoms with Gasteiger partial charge in [0, 0.05) is 26.1 Å². The predicted octanol–water partition coefficient (Wildman–Crippen LogP) is 1.24. The van der Waals surface area contributed by atoms with Crippen molar-refractivity contribution in [3.63, 3.8) is 0 Å². The molecule has 0 radical (unpaired) electrons. The molecule has 3 N–H and O–H groups in total. The van der Waals surface area contributed by atoms with Crippen molar-refractivity contribution in [3.05, 3.63) is 29.8 Å². The zero-order chi connectivity index (χ0) is 26.2. The van der Waals surface area contributed by atoms with Crippen LogP contribution in [0.3, 0.4) is 0 Å². The molecule has 1 fully saturated rings. The Labute approximate surface area is 212 Å². The zero-order valence-electron chi connectivity index (χ0n) is 21.5. The Hall–Kier alpha value is -3.14. The molecule has 3 rings (SSSR count). The molecule has 0 unspecified atom stereocenters. The Morgan fingerprint density at radius 2 is 1.75 bits per heavy atom. The van der Waals surface area contributed by atoms with Crippen LogP contribution in [0.4, 0.5) is 0 Å². The lowest BCUT2D eigenvalue weighted by molar-refractivity contribution is -0.145. The number of nitrogens with zero attached hydrogens (tertiary/aromatic N) is 1. The first-order valence-electron chi connectivity index (χ1n) is 12.7. The number of benzene rings is 1. The summed E-state index contributed by atoms with van der Waals surface area (Å²) in [6.45, 7) is 8.96. The van der Waals surface area contributed by atoms with Crippen LogP contribution in [0.2, 0.25) is 0 Å². The summed E-state index contributed by atoms with van der Waals surface area (Å²) in [4.78, 5) is 53.9. The van der Waals surface area contributed by atoms with Crippen molar-refractivity contribution in [3.8, 4) is 5.75 Å². The second-order valence-electron chi connectivity index (χ2n) is 9.84. The van der Waals surface area contributed by atoms with Crippen molar-refractivity contribution in [1.82, 2.24) is 20.9 Å². The molecular weight excluding hydrogens is 464 g/mol. The summed E-state index contributed by atoms with van der Waals surface area (Å²) in [6.07, 6.45) is 0.312. The predicted molar refractivity (Wildman–Crippen MR) is 133 cm³/mol. The maximum atomic E-state index is 13.5. The lowest BCUT2D eigenvalue weighted by Crippen LogP contribution is -2.55. The average Bonchev–Trinajstić information content (AvgIpc) is 2.83. The van der Waals surface area contributed by atoms with Gasteiger partial charge in [0.2, 0.25) is 17.7 Å². The molecule has 0 saturated carbocycles. The molecule has 1 aromatic carbocycles. The Morgan fingerprint density at radius 3 is 2.44 bits per heavy atom. The van der Waals surface area contributed by atoms with Crippen LogP contribution in [0.5, 0.6) is 5.75 Å². The normalized spacial score (nSPS) is 26.8. The third-order valence-electron chi connectivity index (χ3n) is 6.27. The molecule has 4 atom stereocenters. The molecule has 36 heavy (non-hydrogen) atoms. The molecule has 2 heterocycles. The average molecular weight is 503 g/mol. The van der Waals surface area contributed by atoms with Gasteiger partial charge in [0.15, 0.2) is 0 Å². The van der Waals surface area contributed by atoms with Crippen molar-refractivity contribution in [2.45, 2.75) is 71.2 Å². The van der Waals surface area contributed by atoms with Crippen molar-refractivity contribution >= 4 is 23.6 Å². The highest BCUT2D eigenvalue weighted by molar-refractivity contribution is 5.99. The fourth-order valence-corrected chi connectivity index (χ4v) is 4.48. The lowest BCUT2D eigenvalue weighted by atomic mass is 10.0. The monoisotopic (exact) mass is 502 g/mol. The number of amides is 4. The molecule has 198 valence electrons. The molecule has 0 aromatic heterocycles. The molecule has 1 aromatic rings. The molecule has 0 bridgehead atoms. The number of carbonyl (C=O) groups excluding carboxylic acids is 4. The zero-order valence-corrected chi connectivity index (χ0v) is 21.5. The van der Waals surface area contributed by atoms with Crippen LogP contribution in [-0.2, 0) is 19.1 Å². The van der Waals surface area contributed by atoms with Crippen molar-refractivity contribution in [1.29, 1.82) is 0 Å². The number of para-hydroxylation sites is 1. The number of hydrogen-bond acceptors (Lipinski definition) is 6. The van der Waals surface area contributed by atoms with Crippen LogP contribution in [-0.4, -0.2) is 79.1 Å². The molecule has 1 saturated heterocycles. The van der Waals surface area contributed by atoms with Crippen LogP contribution in [0, 0.1) is 5.92 Å². The van der Waals surface area contributed by atoms with E-state index in [0.29, 0.717) is 37.4 Å². The molecule has 4 amide bonds. The largest absolute Gasteiger partial charge is 0.493 e. The smallest absolute Gasteiger partial charge is 0.255 e. The highest BCUT2D eigenvalue weighted by atomic mass is 16.5. The summed E-state index contributed by atoms with van der Waals surface area (Å²) in [5.41, 5.74) is 0.305. The van der Waals surface area contributed by atoms with E-state index in [1.54, 1.807) is 29.2 Å². The number of morpholine rings is 1. The summed E-state index contributed by atoms with van der Waals surface area (Å²) in [7, 11) is 0. The van der Waals surface area contributed by atoms with E-state index in [9.17, 15) is 19.2 Å². The molecule has 10 heteroatoms. The summed E-state index contributed by atoms with van der Waals surface area (Å²) >= 11 is 0. The van der Waals surface area contributed by atoms with Gasteiger partial charge in [-0.1, -0.05) is 26.0 Å². The van der Waals surface area contributed by atoms with E-state index >= 15 is 0 Å².